The van der Waals surface area contributed by atoms with Crippen LogP contribution in [0.25, 0.3) is 11.4 Å². The van der Waals surface area contributed by atoms with Gasteiger partial charge in [0.25, 0.3) is 0 Å². The largest absolute Gasteiger partial charge is 0.310 e. The van der Waals surface area contributed by atoms with Crippen LogP contribution in [0.3, 0.4) is 0 Å². The molecule has 1 heterocycles. The minimum Gasteiger partial charge on any atom is -0.310 e. The molecule has 3 rings (SSSR count). The van der Waals surface area contributed by atoms with Crippen molar-refractivity contribution in [2.75, 3.05) is 0 Å². The summed E-state index contributed by atoms with van der Waals surface area (Å²) in [4.78, 5) is 0. The molecule has 6 heteroatoms. The third-order valence-corrected chi connectivity index (χ3v) is 5.03. The molecule has 120 valence electrons. The summed E-state index contributed by atoms with van der Waals surface area (Å²) >= 11 is 8.30. The van der Waals surface area contributed by atoms with Gasteiger partial charge in [-0.25, -0.2) is 0 Å². The van der Waals surface area contributed by atoms with Crippen molar-refractivity contribution in [1.29, 1.82) is 5.26 Å². The van der Waals surface area contributed by atoms with E-state index in [0.717, 1.165) is 33.8 Å². The number of thiol groups is 1. The second-order valence-electron chi connectivity index (χ2n) is 5.24. The Hall–Kier alpha value is -2.10. The van der Waals surface area contributed by atoms with Crippen LogP contribution in [0.5, 0.6) is 0 Å². The lowest BCUT2D eigenvalue weighted by atomic mass is 10.1. The fourth-order valence-corrected chi connectivity index (χ4v) is 3.39. The number of nitriles is 1. The van der Waals surface area contributed by atoms with Crippen LogP contribution in [0, 0.1) is 11.3 Å². The van der Waals surface area contributed by atoms with E-state index in [4.69, 9.17) is 17.9 Å². The van der Waals surface area contributed by atoms with E-state index in [2.05, 4.69) is 43.7 Å². The van der Waals surface area contributed by atoms with Crippen LogP contribution in [-0.4, -0.2) is 14.8 Å². The maximum Gasteiger partial charge on any atom is 0.165 e. The topological polar surface area (TPSA) is 54.5 Å². The summed E-state index contributed by atoms with van der Waals surface area (Å²) in [6.07, 6.45) is 0. The van der Waals surface area contributed by atoms with E-state index in [0.29, 0.717) is 5.56 Å². The Balaban J connectivity index is 2.03. The van der Waals surface area contributed by atoms with Gasteiger partial charge in [-0.05, 0) is 30.7 Å². The summed E-state index contributed by atoms with van der Waals surface area (Å²) < 4.78 is 3.04. The Bertz CT molecular complexity index is 896. The van der Waals surface area contributed by atoms with Crippen molar-refractivity contribution in [3.8, 4) is 17.5 Å². The maximum absolute atomic E-state index is 8.92. The molecule has 2 aromatic carbocycles. The van der Waals surface area contributed by atoms with Gasteiger partial charge in [-0.2, -0.15) is 17.9 Å². The fourth-order valence-electron chi connectivity index (χ4n) is 2.56. The van der Waals surface area contributed by atoms with Crippen molar-refractivity contribution in [3.63, 3.8) is 0 Å². The quantitative estimate of drug-likeness (QED) is 0.652. The lowest BCUT2D eigenvalue weighted by Gasteiger charge is -2.14. The summed E-state index contributed by atoms with van der Waals surface area (Å²) in [6.45, 7) is 2.80. The molecule has 0 aliphatic heterocycles. The van der Waals surface area contributed by atoms with Crippen molar-refractivity contribution in [2.45, 2.75) is 18.7 Å². The Kier molecular flexibility index (Phi) is 5.03. The first-order chi connectivity index (χ1) is 11.7. The van der Waals surface area contributed by atoms with Gasteiger partial charge >= 0.3 is 0 Å². The summed E-state index contributed by atoms with van der Waals surface area (Å²) in [6, 6.07) is 17.5. The highest BCUT2D eigenvalue weighted by Gasteiger charge is 2.21. The Morgan fingerprint density at radius 2 is 1.88 bits per heavy atom. The molecule has 0 saturated carbocycles. The van der Waals surface area contributed by atoms with Gasteiger partial charge < -0.3 is 4.57 Å². The minimum atomic E-state index is -0.207. The fraction of sp³-hybridized carbons (Fsp3) is 0.167. The third-order valence-electron chi connectivity index (χ3n) is 3.81. The van der Waals surface area contributed by atoms with Crippen molar-refractivity contribution < 1.29 is 0 Å². The number of nitrogens with zero attached hydrogens (tertiary/aromatic N) is 4. The predicted molar refractivity (Wildman–Crippen MR) is 101 cm³/mol. The molecular weight excluding hydrogens is 384 g/mol. The maximum atomic E-state index is 8.92. The van der Waals surface area contributed by atoms with Crippen LogP contribution in [0.1, 0.15) is 29.1 Å². The molecule has 0 aliphatic carbocycles. The van der Waals surface area contributed by atoms with Gasteiger partial charge in [0.05, 0.1) is 16.9 Å². The number of halogens is 1. The van der Waals surface area contributed by atoms with Gasteiger partial charge in [-0.15, -0.1) is 10.2 Å². The molecule has 0 radical (unpaired) electrons. The van der Waals surface area contributed by atoms with Crippen molar-refractivity contribution in [2.24, 2.45) is 0 Å². The summed E-state index contributed by atoms with van der Waals surface area (Å²) in [5.41, 5.74) is 2.61. The van der Waals surface area contributed by atoms with E-state index in [1.54, 1.807) is 12.1 Å². The molecule has 1 aromatic heterocycles. The van der Waals surface area contributed by atoms with Gasteiger partial charge in [-0.1, -0.05) is 46.3 Å². The van der Waals surface area contributed by atoms with Crippen LogP contribution >= 0.6 is 28.6 Å². The van der Waals surface area contributed by atoms with Crippen molar-refractivity contribution in [1.82, 2.24) is 14.8 Å². The minimum absolute atomic E-state index is 0.207. The zero-order chi connectivity index (χ0) is 17.1. The van der Waals surface area contributed by atoms with Crippen LogP contribution in [0.15, 0.2) is 53.0 Å². The summed E-state index contributed by atoms with van der Waals surface area (Å²) in [5.74, 6) is 1.60. The molecule has 0 spiro atoms. The molecule has 24 heavy (non-hydrogen) atoms. The van der Waals surface area contributed by atoms with Gasteiger partial charge in [0.15, 0.2) is 11.6 Å². The average Bonchev–Trinajstić information content (AvgIpc) is 3.05. The number of aromatic nitrogens is 3. The van der Waals surface area contributed by atoms with E-state index >= 15 is 0 Å². The molecule has 4 nitrogen and oxygen atoms in total. The van der Waals surface area contributed by atoms with Gasteiger partial charge in [-0.3, -0.25) is 0 Å². The molecule has 1 atom stereocenters. The number of hydrogen-bond donors (Lipinski definition) is 1. The highest BCUT2D eigenvalue weighted by molar-refractivity contribution is 9.10. The molecule has 0 fully saturated rings. The SMILES string of the molecule is CCn1c(-c2ccccc2Br)nnc1C(S)c1ccc(C#N)cc1. The second-order valence-corrected chi connectivity index (χ2v) is 6.61. The highest BCUT2D eigenvalue weighted by Crippen LogP contribution is 2.32. The van der Waals surface area contributed by atoms with E-state index in [1.165, 1.54) is 0 Å². The van der Waals surface area contributed by atoms with E-state index in [1.807, 2.05) is 36.4 Å². The van der Waals surface area contributed by atoms with E-state index in [-0.39, 0.29) is 5.25 Å². The van der Waals surface area contributed by atoms with Crippen molar-refractivity contribution in [3.05, 3.63) is 70.0 Å². The zero-order valence-corrected chi connectivity index (χ0v) is 15.5. The average molecular weight is 399 g/mol. The smallest absolute Gasteiger partial charge is 0.165 e. The molecule has 0 N–H and O–H groups in total. The molecule has 0 bridgehead atoms. The molecule has 0 amide bonds. The van der Waals surface area contributed by atoms with Gasteiger partial charge in [0.2, 0.25) is 0 Å². The predicted octanol–water partition coefficient (Wildman–Crippen LogP) is 4.62. The molecule has 1 unspecified atom stereocenters. The van der Waals surface area contributed by atoms with Crippen LogP contribution in [0.2, 0.25) is 0 Å². The normalized spacial score (nSPS) is 11.9. The summed E-state index contributed by atoms with van der Waals surface area (Å²) in [7, 11) is 0. The van der Waals surface area contributed by atoms with Crippen LogP contribution < -0.4 is 0 Å². The Labute approximate surface area is 154 Å². The first kappa shape index (κ1) is 16.7. The standard InChI is InChI=1S/C18H15BrN4S/c1-2-23-17(14-5-3-4-6-15(14)19)21-22-18(23)16(24)13-9-7-12(11-20)8-10-13/h3-10,16,24H,2H2,1H3. The van der Waals surface area contributed by atoms with Gasteiger partial charge in [0.1, 0.15) is 0 Å². The third kappa shape index (κ3) is 3.10. The van der Waals surface area contributed by atoms with Crippen LogP contribution in [-0.2, 0) is 6.54 Å². The van der Waals surface area contributed by atoms with Crippen molar-refractivity contribution >= 4 is 28.6 Å². The molecular formula is C18H15BrN4S. The lowest BCUT2D eigenvalue weighted by molar-refractivity contribution is 0.715. The number of benzene rings is 2. The Morgan fingerprint density at radius 1 is 1.17 bits per heavy atom. The first-order valence-electron chi connectivity index (χ1n) is 7.51. The Morgan fingerprint density at radius 3 is 2.50 bits per heavy atom. The monoisotopic (exact) mass is 398 g/mol. The number of rotatable bonds is 4. The second kappa shape index (κ2) is 7.20. The van der Waals surface area contributed by atoms with Crippen LogP contribution in [0.4, 0.5) is 0 Å². The molecule has 0 aliphatic rings. The molecule has 0 saturated heterocycles. The van der Waals surface area contributed by atoms with Gasteiger partial charge in [0, 0.05) is 16.6 Å². The summed E-state index contributed by atoms with van der Waals surface area (Å²) in [5, 5.41) is 17.5. The van der Waals surface area contributed by atoms with E-state index in [9.17, 15) is 0 Å². The zero-order valence-electron chi connectivity index (χ0n) is 13.0. The number of hydrogen-bond acceptors (Lipinski definition) is 4. The molecule has 3 aromatic rings. The first-order valence-corrected chi connectivity index (χ1v) is 8.82. The van der Waals surface area contributed by atoms with E-state index < -0.39 is 0 Å². The highest BCUT2D eigenvalue weighted by atomic mass is 79.9. The lowest BCUT2D eigenvalue weighted by Crippen LogP contribution is -2.07.